The molecule has 2 aromatic carbocycles. The second-order valence-corrected chi connectivity index (χ2v) is 7.18. The fourth-order valence-electron chi connectivity index (χ4n) is 4.69. The third kappa shape index (κ3) is 2.51. The van der Waals surface area contributed by atoms with Gasteiger partial charge in [0.15, 0.2) is 23.0 Å². The number of hydrogen-bond donors (Lipinski definition) is 0. The Kier molecular flexibility index (Phi) is 4.57. The molecule has 6 heteroatoms. The number of methoxy groups -OCH3 is 4. The van der Waals surface area contributed by atoms with E-state index in [2.05, 4.69) is 0 Å². The Morgan fingerprint density at radius 2 is 1.57 bits per heavy atom. The van der Waals surface area contributed by atoms with Crippen molar-refractivity contribution in [3.05, 3.63) is 46.5 Å². The number of ether oxygens (including phenoxy) is 4. The lowest BCUT2D eigenvalue weighted by atomic mass is 9.71. The molecule has 0 fully saturated rings. The van der Waals surface area contributed by atoms with E-state index in [0.29, 0.717) is 22.8 Å². The van der Waals surface area contributed by atoms with E-state index in [4.69, 9.17) is 18.9 Å². The van der Waals surface area contributed by atoms with Crippen LogP contribution in [0.25, 0.3) is 0 Å². The summed E-state index contributed by atoms with van der Waals surface area (Å²) < 4.78 is 21.9. The van der Waals surface area contributed by atoms with Crippen LogP contribution < -0.4 is 18.9 Å². The molecule has 0 spiro atoms. The summed E-state index contributed by atoms with van der Waals surface area (Å²) in [6.45, 7) is 0. The number of fused-ring (bicyclic) bond motifs is 5. The quantitative estimate of drug-likeness (QED) is 0.808. The monoisotopic (exact) mass is 383 g/mol. The van der Waals surface area contributed by atoms with Gasteiger partial charge in [0.1, 0.15) is 0 Å². The first kappa shape index (κ1) is 18.5. The van der Waals surface area contributed by atoms with E-state index in [1.54, 1.807) is 28.4 Å². The van der Waals surface area contributed by atoms with Crippen LogP contribution >= 0.6 is 0 Å². The lowest BCUT2D eigenvalue weighted by Crippen LogP contribution is -2.42. The average molecular weight is 383 g/mol. The third-order valence-electron chi connectivity index (χ3n) is 6.00. The first-order valence-corrected chi connectivity index (χ1v) is 9.32. The van der Waals surface area contributed by atoms with Gasteiger partial charge < -0.3 is 23.8 Å². The lowest BCUT2D eigenvalue weighted by molar-refractivity contribution is 0.0651. The Labute approximate surface area is 165 Å². The number of likely N-dealkylation sites (N-methyl/N-ethyl adjacent to an activating group) is 1. The highest BCUT2D eigenvalue weighted by molar-refractivity contribution is 6.01. The van der Waals surface area contributed by atoms with Crippen LogP contribution in [0.2, 0.25) is 0 Å². The van der Waals surface area contributed by atoms with E-state index in [1.165, 1.54) is 5.56 Å². The number of amides is 1. The van der Waals surface area contributed by atoms with Crippen LogP contribution in [-0.2, 0) is 6.42 Å². The number of carbonyl (C=O) groups excluding carboxylic acids is 1. The van der Waals surface area contributed by atoms with Crippen molar-refractivity contribution in [3.8, 4) is 23.0 Å². The van der Waals surface area contributed by atoms with Gasteiger partial charge in [-0.3, -0.25) is 4.79 Å². The summed E-state index contributed by atoms with van der Waals surface area (Å²) in [5.41, 5.74) is 3.94. The predicted molar refractivity (Wildman–Crippen MR) is 105 cm³/mol. The number of aryl methyl sites for hydroxylation is 1. The maximum absolute atomic E-state index is 13.3. The molecule has 6 nitrogen and oxygen atoms in total. The highest BCUT2D eigenvalue weighted by Crippen LogP contribution is 2.52. The van der Waals surface area contributed by atoms with Crippen LogP contribution in [0, 0.1) is 0 Å². The highest BCUT2D eigenvalue weighted by atomic mass is 16.5. The summed E-state index contributed by atoms with van der Waals surface area (Å²) in [5.74, 6) is 2.60. The fraction of sp³-hybridized carbons (Fsp3) is 0.409. The van der Waals surface area contributed by atoms with E-state index in [0.717, 1.165) is 29.7 Å². The van der Waals surface area contributed by atoms with Gasteiger partial charge in [0.2, 0.25) is 0 Å². The maximum Gasteiger partial charge on any atom is 0.258 e. The zero-order valence-electron chi connectivity index (χ0n) is 16.9. The minimum atomic E-state index is -0.0605. The molecule has 28 heavy (non-hydrogen) atoms. The van der Waals surface area contributed by atoms with Crippen molar-refractivity contribution in [3.63, 3.8) is 0 Å². The predicted octanol–water partition coefficient (Wildman–Crippen LogP) is 3.58. The largest absolute Gasteiger partial charge is 0.493 e. The van der Waals surface area contributed by atoms with Crippen molar-refractivity contribution in [1.29, 1.82) is 0 Å². The summed E-state index contributed by atoms with van der Waals surface area (Å²) in [7, 11) is 8.29. The molecule has 0 saturated carbocycles. The minimum Gasteiger partial charge on any atom is -0.493 e. The van der Waals surface area contributed by atoms with Crippen LogP contribution in [0.3, 0.4) is 0 Å². The van der Waals surface area contributed by atoms with Crippen molar-refractivity contribution in [2.45, 2.75) is 24.8 Å². The van der Waals surface area contributed by atoms with E-state index < -0.39 is 0 Å². The van der Waals surface area contributed by atoms with Crippen molar-refractivity contribution >= 4 is 5.91 Å². The number of rotatable bonds is 4. The molecule has 2 aromatic rings. The molecule has 148 valence electrons. The smallest absolute Gasteiger partial charge is 0.258 e. The highest BCUT2D eigenvalue weighted by Gasteiger charge is 2.44. The van der Waals surface area contributed by atoms with E-state index in [9.17, 15) is 4.79 Å². The van der Waals surface area contributed by atoms with Crippen LogP contribution in [-0.4, -0.2) is 46.3 Å². The third-order valence-corrected chi connectivity index (χ3v) is 6.00. The topological polar surface area (TPSA) is 57.2 Å². The number of nitrogens with zero attached hydrogens (tertiary/aromatic N) is 1. The van der Waals surface area contributed by atoms with Gasteiger partial charge in [-0.05, 0) is 47.7 Å². The molecule has 1 aliphatic heterocycles. The summed E-state index contributed by atoms with van der Waals surface area (Å²) >= 11 is 0. The zero-order chi connectivity index (χ0) is 20.0. The standard InChI is InChI=1S/C22H25NO5/c1-23-20-14(7-6-12-10-17(26-3)18(27-4)11-15(12)20)13-8-9-16(25-2)21(28-5)19(13)22(23)24/h8-11,14,20H,6-7H2,1-5H3/t14-,20+/m1/s1. The van der Waals surface area contributed by atoms with Crippen molar-refractivity contribution in [2.75, 3.05) is 35.5 Å². The summed E-state index contributed by atoms with van der Waals surface area (Å²) in [5, 5.41) is 0. The molecule has 1 amide bonds. The molecule has 4 rings (SSSR count). The molecule has 1 heterocycles. The Bertz CT molecular complexity index is 939. The Morgan fingerprint density at radius 1 is 0.893 bits per heavy atom. The second kappa shape index (κ2) is 6.93. The molecular formula is C22H25NO5. The van der Waals surface area contributed by atoms with Gasteiger partial charge >= 0.3 is 0 Å². The van der Waals surface area contributed by atoms with E-state index >= 15 is 0 Å². The Morgan fingerprint density at radius 3 is 2.21 bits per heavy atom. The number of carbonyl (C=O) groups is 1. The summed E-state index contributed by atoms with van der Waals surface area (Å²) in [6, 6.07) is 7.89. The number of hydrogen-bond acceptors (Lipinski definition) is 5. The van der Waals surface area contributed by atoms with E-state index in [-0.39, 0.29) is 17.9 Å². The first-order valence-electron chi connectivity index (χ1n) is 9.32. The van der Waals surface area contributed by atoms with Crippen LogP contribution in [0.4, 0.5) is 0 Å². The van der Waals surface area contributed by atoms with Crippen LogP contribution in [0.1, 0.15) is 45.4 Å². The first-order chi connectivity index (χ1) is 13.5. The molecule has 2 aliphatic rings. The normalized spacial score (nSPS) is 20.0. The van der Waals surface area contributed by atoms with Gasteiger partial charge in [-0.1, -0.05) is 6.07 Å². The van der Waals surface area contributed by atoms with Crippen molar-refractivity contribution < 1.29 is 23.7 Å². The molecule has 0 N–H and O–H groups in total. The van der Waals surface area contributed by atoms with Gasteiger partial charge in [-0.15, -0.1) is 0 Å². The summed E-state index contributed by atoms with van der Waals surface area (Å²) in [4.78, 5) is 15.2. The second-order valence-electron chi connectivity index (χ2n) is 7.18. The molecule has 2 atom stereocenters. The SMILES string of the molecule is COc1cc2c(cc1OC)[C@@H]1[C@H](CC2)c2ccc(OC)c(OC)c2C(=O)N1C. The fourth-order valence-corrected chi connectivity index (χ4v) is 4.69. The number of benzene rings is 2. The zero-order valence-corrected chi connectivity index (χ0v) is 16.9. The van der Waals surface area contributed by atoms with Gasteiger partial charge in [0.25, 0.3) is 5.91 Å². The van der Waals surface area contributed by atoms with Crippen LogP contribution in [0.5, 0.6) is 23.0 Å². The molecule has 1 aliphatic carbocycles. The molecule has 0 aromatic heterocycles. The lowest BCUT2D eigenvalue weighted by Gasteiger charge is -2.44. The van der Waals surface area contributed by atoms with Gasteiger partial charge in [-0.2, -0.15) is 0 Å². The molecular weight excluding hydrogens is 358 g/mol. The molecule has 0 bridgehead atoms. The summed E-state index contributed by atoms with van der Waals surface area (Å²) in [6.07, 6.45) is 1.85. The maximum atomic E-state index is 13.3. The van der Waals surface area contributed by atoms with Crippen molar-refractivity contribution in [2.24, 2.45) is 0 Å². The Hall–Kier alpha value is -2.89. The minimum absolute atomic E-state index is 0.0540. The molecule has 0 saturated heterocycles. The van der Waals surface area contributed by atoms with Gasteiger partial charge in [-0.25, -0.2) is 0 Å². The Balaban J connectivity index is 1.90. The van der Waals surface area contributed by atoms with Gasteiger partial charge in [0, 0.05) is 13.0 Å². The molecule has 0 unspecified atom stereocenters. The van der Waals surface area contributed by atoms with E-state index in [1.807, 2.05) is 36.2 Å². The van der Waals surface area contributed by atoms with Crippen molar-refractivity contribution in [1.82, 2.24) is 4.90 Å². The average Bonchev–Trinajstić information content (AvgIpc) is 2.74. The van der Waals surface area contributed by atoms with Gasteiger partial charge in [0.05, 0.1) is 40.0 Å². The molecule has 0 radical (unpaired) electrons. The van der Waals surface area contributed by atoms with Crippen LogP contribution in [0.15, 0.2) is 24.3 Å².